The molecule has 0 aliphatic rings. The first kappa shape index (κ1) is 15.1. The molecule has 112 valence electrons. The molecule has 0 spiro atoms. The lowest BCUT2D eigenvalue weighted by atomic mass is 10.1. The van der Waals surface area contributed by atoms with E-state index in [2.05, 4.69) is 5.16 Å². The van der Waals surface area contributed by atoms with Crippen LogP contribution in [0.3, 0.4) is 0 Å². The number of hydrogen-bond acceptors (Lipinski definition) is 5. The monoisotopic (exact) mass is 353 g/mol. The van der Waals surface area contributed by atoms with Crippen LogP contribution < -0.4 is 0 Å². The highest BCUT2D eigenvalue weighted by Crippen LogP contribution is 2.29. The molecule has 0 saturated carbocycles. The minimum absolute atomic E-state index is 0.0432. The van der Waals surface area contributed by atoms with Crippen molar-refractivity contribution in [3.8, 4) is 11.3 Å². The Morgan fingerprint density at radius 2 is 2.09 bits per heavy atom. The van der Waals surface area contributed by atoms with Gasteiger partial charge in [0.05, 0.1) is 10.0 Å². The fourth-order valence-corrected chi connectivity index (χ4v) is 2.68. The van der Waals surface area contributed by atoms with Gasteiger partial charge in [-0.3, -0.25) is 0 Å². The van der Waals surface area contributed by atoms with Crippen LogP contribution in [0.2, 0.25) is 10.0 Å². The zero-order chi connectivity index (χ0) is 15.5. The van der Waals surface area contributed by atoms with Gasteiger partial charge < -0.3 is 9.26 Å². The largest absolute Gasteiger partial charge is 0.455 e. The fraction of sp³-hybridized carbons (Fsp3) is 0.0667. The van der Waals surface area contributed by atoms with Crippen LogP contribution in [-0.4, -0.2) is 11.1 Å². The zero-order valence-corrected chi connectivity index (χ0v) is 13.4. The number of benzene rings is 1. The highest BCUT2D eigenvalue weighted by atomic mass is 35.5. The van der Waals surface area contributed by atoms with Gasteiger partial charge in [0.15, 0.2) is 5.76 Å². The number of thiophene rings is 1. The van der Waals surface area contributed by atoms with Crippen LogP contribution in [0.1, 0.15) is 15.4 Å². The van der Waals surface area contributed by atoms with Crippen LogP contribution in [0.4, 0.5) is 0 Å². The summed E-state index contributed by atoms with van der Waals surface area (Å²) in [6, 6.07) is 10.3. The normalized spacial score (nSPS) is 10.6. The van der Waals surface area contributed by atoms with Crippen molar-refractivity contribution in [1.82, 2.24) is 5.16 Å². The van der Waals surface area contributed by atoms with E-state index in [1.807, 2.05) is 5.38 Å². The second-order valence-corrected chi connectivity index (χ2v) is 6.13. The molecule has 3 aromatic rings. The first-order chi connectivity index (χ1) is 10.6. The molecule has 7 heteroatoms. The van der Waals surface area contributed by atoms with Crippen molar-refractivity contribution in [2.24, 2.45) is 0 Å². The Morgan fingerprint density at radius 3 is 2.82 bits per heavy atom. The summed E-state index contributed by atoms with van der Waals surface area (Å²) in [4.78, 5) is 12.3. The van der Waals surface area contributed by atoms with Gasteiger partial charge in [0.25, 0.3) is 0 Å². The van der Waals surface area contributed by atoms with Crippen molar-refractivity contribution in [2.45, 2.75) is 6.61 Å². The van der Waals surface area contributed by atoms with E-state index in [-0.39, 0.29) is 12.6 Å². The smallest absolute Gasteiger partial charge is 0.348 e. The SMILES string of the molecule is O=C(OCc1cc(-c2ccc(Cl)c(Cl)c2)on1)c1cccs1. The fourth-order valence-electron chi connectivity index (χ4n) is 1.77. The minimum Gasteiger partial charge on any atom is -0.455 e. The Morgan fingerprint density at radius 1 is 1.23 bits per heavy atom. The zero-order valence-electron chi connectivity index (χ0n) is 11.1. The second-order valence-electron chi connectivity index (χ2n) is 4.36. The van der Waals surface area contributed by atoms with Crippen LogP contribution in [-0.2, 0) is 11.3 Å². The van der Waals surface area contributed by atoms with Gasteiger partial charge in [-0.25, -0.2) is 4.79 Å². The van der Waals surface area contributed by atoms with Gasteiger partial charge in [0.2, 0.25) is 0 Å². The number of rotatable bonds is 4. The summed E-state index contributed by atoms with van der Waals surface area (Å²) in [5, 5.41) is 6.59. The lowest BCUT2D eigenvalue weighted by Gasteiger charge is -1.99. The molecule has 0 atom stereocenters. The number of carbonyl (C=O) groups excluding carboxylic acids is 1. The molecule has 0 aliphatic carbocycles. The molecular weight excluding hydrogens is 345 g/mol. The molecule has 0 fully saturated rings. The van der Waals surface area contributed by atoms with Crippen molar-refractivity contribution in [3.63, 3.8) is 0 Å². The van der Waals surface area contributed by atoms with E-state index < -0.39 is 0 Å². The molecule has 4 nitrogen and oxygen atoms in total. The van der Waals surface area contributed by atoms with E-state index in [9.17, 15) is 4.79 Å². The molecule has 0 aliphatic heterocycles. The third-order valence-corrected chi connectivity index (χ3v) is 4.43. The lowest BCUT2D eigenvalue weighted by molar-refractivity contribution is 0.0470. The molecule has 22 heavy (non-hydrogen) atoms. The summed E-state index contributed by atoms with van der Waals surface area (Å²) < 4.78 is 10.4. The molecule has 3 rings (SSSR count). The number of carbonyl (C=O) groups is 1. The number of esters is 1. The molecule has 0 bridgehead atoms. The molecule has 0 unspecified atom stereocenters. The number of ether oxygens (including phenoxy) is 1. The molecule has 0 saturated heterocycles. The predicted octanol–water partition coefficient (Wildman–Crippen LogP) is 5.07. The van der Waals surface area contributed by atoms with E-state index in [0.29, 0.717) is 26.4 Å². The summed E-state index contributed by atoms with van der Waals surface area (Å²) in [5.41, 5.74) is 1.27. The molecule has 0 amide bonds. The lowest BCUT2D eigenvalue weighted by Crippen LogP contribution is -2.03. The second kappa shape index (κ2) is 6.52. The van der Waals surface area contributed by atoms with Gasteiger partial charge in [-0.05, 0) is 29.6 Å². The third-order valence-electron chi connectivity index (χ3n) is 2.84. The molecule has 0 radical (unpaired) electrons. The van der Waals surface area contributed by atoms with Crippen molar-refractivity contribution in [1.29, 1.82) is 0 Å². The maximum atomic E-state index is 11.7. The van der Waals surface area contributed by atoms with Crippen LogP contribution >= 0.6 is 34.5 Å². The average molecular weight is 354 g/mol. The topological polar surface area (TPSA) is 52.3 Å². The van der Waals surface area contributed by atoms with E-state index in [1.165, 1.54) is 11.3 Å². The predicted molar refractivity (Wildman–Crippen MR) is 85.4 cm³/mol. The molecule has 0 N–H and O–H groups in total. The molecule has 2 heterocycles. The average Bonchev–Trinajstić information content (AvgIpc) is 3.19. The van der Waals surface area contributed by atoms with Crippen LogP contribution in [0.5, 0.6) is 0 Å². The summed E-state index contributed by atoms with van der Waals surface area (Å²) in [7, 11) is 0. The van der Waals surface area contributed by atoms with Crippen LogP contribution in [0.25, 0.3) is 11.3 Å². The number of aromatic nitrogens is 1. The molecule has 1 aromatic carbocycles. The highest BCUT2D eigenvalue weighted by Gasteiger charge is 2.12. The van der Waals surface area contributed by atoms with Crippen molar-refractivity contribution >= 4 is 40.5 Å². The first-order valence-corrected chi connectivity index (χ1v) is 7.88. The molecule has 2 aromatic heterocycles. The number of halogens is 2. The van der Waals surface area contributed by atoms with Gasteiger partial charge in [0, 0.05) is 11.6 Å². The van der Waals surface area contributed by atoms with E-state index in [1.54, 1.807) is 36.4 Å². The van der Waals surface area contributed by atoms with Gasteiger partial charge in [0.1, 0.15) is 17.2 Å². The minimum atomic E-state index is -0.380. The highest BCUT2D eigenvalue weighted by molar-refractivity contribution is 7.11. The Hall–Kier alpha value is -1.82. The summed E-state index contributed by atoms with van der Waals surface area (Å²) in [5.74, 6) is 0.148. The van der Waals surface area contributed by atoms with Gasteiger partial charge in [-0.15, -0.1) is 11.3 Å². The Kier molecular flexibility index (Phi) is 4.47. The quantitative estimate of drug-likeness (QED) is 0.614. The molecular formula is C15H9Cl2NO3S. The maximum absolute atomic E-state index is 11.7. The van der Waals surface area contributed by atoms with Crippen molar-refractivity contribution in [3.05, 3.63) is 62.4 Å². The van der Waals surface area contributed by atoms with Crippen molar-refractivity contribution in [2.75, 3.05) is 0 Å². The van der Waals surface area contributed by atoms with E-state index in [0.717, 1.165) is 5.56 Å². The number of nitrogens with zero attached hydrogens (tertiary/aromatic N) is 1. The maximum Gasteiger partial charge on any atom is 0.348 e. The number of hydrogen-bond donors (Lipinski definition) is 0. The Labute approximate surface area is 140 Å². The van der Waals surface area contributed by atoms with Crippen LogP contribution in [0.15, 0.2) is 46.3 Å². The summed E-state index contributed by atoms with van der Waals surface area (Å²) in [6.07, 6.45) is 0. The summed E-state index contributed by atoms with van der Waals surface area (Å²) in [6.45, 7) is 0.0432. The van der Waals surface area contributed by atoms with Gasteiger partial charge >= 0.3 is 5.97 Å². The Bertz CT molecular complexity index is 799. The Balaban J connectivity index is 1.68. The van der Waals surface area contributed by atoms with E-state index in [4.69, 9.17) is 32.5 Å². The third kappa shape index (κ3) is 3.32. The summed E-state index contributed by atoms with van der Waals surface area (Å²) >= 11 is 13.2. The van der Waals surface area contributed by atoms with Crippen molar-refractivity contribution < 1.29 is 14.1 Å². The van der Waals surface area contributed by atoms with Gasteiger partial charge in [-0.2, -0.15) is 0 Å². The first-order valence-electron chi connectivity index (χ1n) is 6.25. The standard InChI is InChI=1S/C15H9Cl2NO3S/c16-11-4-3-9(6-12(11)17)13-7-10(18-21-13)8-20-15(19)14-2-1-5-22-14/h1-7H,8H2. The van der Waals surface area contributed by atoms with E-state index >= 15 is 0 Å². The van der Waals surface area contributed by atoms with Gasteiger partial charge in [-0.1, -0.05) is 34.4 Å². The van der Waals surface area contributed by atoms with Crippen LogP contribution in [0, 0.1) is 0 Å².